The van der Waals surface area contributed by atoms with Crippen molar-refractivity contribution in [2.45, 2.75) is 23.5 Å². The second-order valence-electron chi connectivity index (χ2n) is 8.98. The van der Waals surface area contributed by atoms with E-state index in [4.69, 9.17) is 46.4 Å². The molecular weight excluding hydrogens is 628 g/mol. The van der Waals surface area contributed by atoms with Gasteiger partial charge < -0.3 is 5.32 Å². The quantitative estimate of drug-likeness (QED) is 0.298. The van der Waals surface area contributed by atoms with E-state index >= 15 is 0 Å². The van der Waals surface area contributed by atoms with Crippen LogP contribution < -0.4 is 10.0 Å². The lowest BCUT2D eigenvalue weighted by molar-refractivity contribution is -0.120. The lowest BCUT2D eigenvalue weighted by Crippen LogP contribution is -2.44. The van der Waals surface area contributed by atoms with E-state index < -0.39 is 26.0 Å². The third-order valence-corrected chi connectivity index (χ3v) is 10.4. The summed E-state index contributed by atoms with van der Waals surface area (Å²) in [6.07, 6.45) is 1.04. The highest BCUT2D eigenvalue weighted by Gasteiger charge is 2.32. The molecule has 0 aliphatic carbocycles. The summed E-state index contributed by atoms with van der Waals surface area (Å²) in [5.41, 5.74) is 1.08. The van der Waals surface area contributed by atoms with Crippen LogP contribution in [-0.2, 0) is 30.6 Å². The van der Waals surface area contributed by atoms with E-state index in [2.05, 4.69) is 10.0 Å². The molecule has 0 aromatic heterocycles. The van der Waals surface area contributed by atoms with Gasteiger partial charge in [-0.05, 0) is 73.0 Å². The molecule has 1 atom stereocenters. The molecule has 1 saturated heterocycles. The van der Waals surface area contributed by atoms with Crippen molar-refractivity contribution in [3.05, 3.63) is 86.3 Å². The monoisotopic (exact) mass is 649 g/mol. The van der Waals surface area contributed by atoms with Crippen molar-refractivity contribution in [2.24, 2.45) is 5.92 Å². The normalized spacial score (nSPS) is 16.6. The van der Waals surface area contributed by atoms with Crippen LogP contribution in [0.15, 0.2) is 65.6 Å². The van der Waals surface area contributed by atoms with Crippen LogP contribution in [0.3, 0.4) is 0 Å². The zero-order chi connectivity index (χ0) is 28.4. The van der Waals surface area contributed by atoms with Crippen LogP contribution in [0.4, 0.5) is 11.4 Å². The molecule has 8 nitrogen and oxygen atoms in total. The number of benzene rings is 3. The highest BCUT2D eigenvalue weighted by molar-refractivity contribution is 7.92. The molecule has 208 valence electrons. The van der Waals surface area contributed by atoms with E-state index in [0.717, 1.165) is 0 Å². The summed E-state index contributed by atoms with van der Waals surface area (Å²) in [4.78, 5) is 12.9. The average molecular weight is 651 g/mol. The molecule has 3 aromatic carbocycles. The smallest absolute Gasteiger partial charge is 0.261 e. The number of hydrogen-bond donors (Lipinski definition) is 2. The first-order chi connectivity index (χ1) is 18.3. The average Bonchev–Trinajstić information content (AvgIpc) is 2.85. The van der Waals surface area contributed by atoms with Crippen molar-refractivity contribution in [1.29, 1.82) is 0 Å². The van der Waals surface area contributed by atoms with Gasteiger partial charge >= 0.3 is 0 Å². The van der Waals surface area contributed by atoms with Crippen molar-refractivity contribution in [2.75, 3.05) is 23.1 Å². The van der Waals surface area contributed by atoms with E-state index in [0.29, 0.717) is 35.7 Å². The molecule has 4 rings (SSSR count). The molecule has 3 aromatic rings. The molecule has 0 saturated carbocycles. The fourth-order valence-electron chi connectivity index (χ4n) is 4.13. The first kappa shape index (κ1) is 29.9. The minimum atomic E-state index is -3.94. The van der Waals surface area contributed by atoms with Crippen LogP contribution in [0.5, 0.6) is 0 Å². The molecule has 39 heavy (non-hydrogen) atoms. The highest BCUT2D eigenvalue weighted by atomic mass is 35.5. The molecule has 1 heterocycles. The maximum Gasteiger partial charge on any atom is 0.261 e. The molecule has 0 spiro atoms. The number of anilines is 2. The number of hydrogen-bond acceptors (Lipinski definition) is 5. The first-order valence-corrected chi connectivity index (χ1v) is 16.2. The predicted molar refractivity (Wildman–Crippen MR) is 156 cm³/mol. The largest absolute Gasteiger partial charge is 0.326 e. The van der Waals surface area contributed by atoms with Crippen molar-refractivity contribution < 1.29 is 21.6 Å². The Hall–Kier alpha value is -2.05. The zero-order valence-electron chi connectivity index (χ0n) is 20.2. The number of nitrogens with one attached hydrogen (secondary N) is 2. The fraction of sp³-hybridized carbons (Fsp3) is 0.240. The summed E-state index contributed by atoms with van der Waals surface area (Å²) >= 11 is 23.8. The lowest BCUT2D eigenvalue weighted by atomic mass is 9.99. The van der Waals surface area contributed by atoms with Gasteiger partial charge in [-0.1, -0.05) is 52.5 Å². The molecular formula is C25H23Cl4N3O5S2. The number of nitrogens with zero attached hydrogens (tertiary/aromatic N) is 1. The Morgan fingerprint density at radius 2 is 1.51 bits per heavy atom. The topological polar surface area (TPSA) is 113 Å². The Bertz CT molecular complexity index is 1580. The minimum Gasteiger partial charge on any atom is -0.326 e. The van der Waals surface area contributed by atoms with E-state index in [1.807, 2.05) is 0 Å². The van der Waals surface area contributed by atoms with E-state index in [-0.39, 0.29) is 43.9 Å². The number of piperidine rings is 1. The molecule has 1 fully saturated rings. The summed E-state index contributed by atoms with van der Waals surface area (Å²) in [7, 11) is -7.63. The van der Waals surface area contributed by atoms with Gasteiger partial charge in [0.1, 0.15) is 0 Å². The highest BCUT2D eigenvalue weighted by Crippen LogP contribution is 2.28. The van der Waals surface area contributed by atoms with Crippen LogP contribution in [0.25, 0.3) is 0 Å². The van der Waals surface area contributed by atoms with Crippen LogP contribution in [0.1, 0.15) is 18.4 Å². The Morgan fingerprint density at radius 1 is 0.846 bits per heavy atom. The summed E-state index contributed by atoms with van der Waals surface area (Å²) in [6, 6.07) is 14.6. The minimum absolute atomic E-state index is 0.0335. The van der Waals surface area contributed by atoms with Crippen molar-refractivity contribution in [1.82, 2.24) is 4.31 Å². The Labute approximate surface area is 247 Å². The van der Waals surface area contributed by atoms with Gasteiger partial charge in [-0.2, -0.15) is 0 Å². The van der Waals surface area contributed by atoms with Crippen molar-refractivity contribution in [3.63, 3.8) is 0 Å². The summed E-state index contributed by atoms with van der Waals surface area (Å²) in [5.74, 6) is -1.18. The standard InChI is InChI=1S/C25H23Cl4N3O5S2/c26-18-11-19(27)13-21(12-18)31-39(36,37)22-6-4-20(5-7-22)30-25(33)17-2-1-9-32(14-17)38(34,35)15-16-3-8-23(28)24(29)10-16/h3-8,10-13,17,31H,1-2,9,14-15H2,(H,30,33)/t17-/m1/s1. The van der Waals surface area contributed by atoms with Crippen LogP contribution >= 0.6 is 46.4 Å². The van der Waals surface area contributed by atoms with Gasteiger partial charge in [-0.25, -0.2) is 21.1 Å². The Balaban J connectivity index is 1.39. The lowest BCUT2D eigenvalue weighted by Gasteiger charge is -2.31. The summed E-state index contributed by atoms with van der Waals surface area (Å²) in [5, 5.41) is 3.91. The third kappa shape index (κ3) is 7.79. The van der Waals surface area contributed by atoms with Crippen LogP contribution in [0, 0.1) is 5.92 Å². The summed E-state index contributed by atoms with van der Waals surface area (Å²) in [6.45, 7) is 0.346. The van der Waals surface area contributed by atoms with Gasteiger partial charge in [-0.15, -0.1) is 0 Å². The molecule has 0 bridgehead atoms. The zero-order valence-corrected chi connectivity index (χ0v) is 24.9. The van der Waals surface area contributed by atoms with Gasteiger partial charge in [0.25, 0.3) is 10.0 Å². The second kappa shape index (κ2) is 12.2. The SMILES string of the molecule is O=C(Nc1ccc(S(=O)(=O)Nc2cc(Cl)cc(Cl)c2)cc1)[C@@H]1CCCN(S(=O)(=O)Cc2ccc(Cl)c(Cl)c2)C1. The van der Waals surface area contributed by atoms with E-state index in [1.165, 1.54) is 52.8 Å². The van der Waals surface area contributed by atoms with Gasteiger partial charge in [0.15, 0.2) is 0 Å². The van der Waals surface area contributed by atoms with Gasteiger partial charge in [0.2, 0.25) is 15.9 Å². The Morgan fingerprint density at radius 3 is 2.15 bits per heavy atom. The van der Waals surface area contributed by atoms with Crippen molar-refractivity contribution >= 4 is 83.7 Å². The first-order valence-electron chi connectivity index (χ1n) is 11.6. The molecule has 2 N–H and O–H groups in total. The van der Waals surface area contributed by atoms with Gasteiger partial charge in [-0.3, -0.25) is 9.52 Å². The number of carbonyl (C=O) groups is 1. The number of amides is 1. The molecule has 1 amide bonds. The third-order valence-electron chi connectivity index (χ3n) is 6.03. The molecule has 14 heteroatoms. The van der Waals surface area contributed by atoms with E-state index in [1.54, 1.807) is 12.1 Å². The molecule has 1 aliphatic heterocycles. The second-order valence-corrected chi connectivity index (χ2v) is 14.3. The predicted octanol–water partition coefficient (Wildman–Crippen LogP) is 6.28. The number of sulfonamides is 2. The van der Waals surface area contributed by atoms with Gasteiger partial charge in [0, 0.05) is 28.8 Å². The molecule has 1 aliphatic rings. The van der Waals surface area contributed by atoms with Crippen LogP contribution in [-0.4, -0.2) is 40.1 Å². The van der Waals surface area contributed by atoms with Crippen LogP contribution in [0.2, 0.25) is 20.1 Å². The van der Waals surface area contributed by atoms with Gasteiger partial charge in [0.05, 0.1) is 32.3 Å². The maximum absolute atomic E-state index is 13.0. The number of carbonyl (C=O) groups excluding carboxylic acids is 1. The maximum atomic E-state index is 13.0. The summed E-state index contributed by atoms with van der Waals surface area (Å²) < 4.78 is 55.2. The number of halogens is 4. The molecule has 0 radical (unpaired) electrons. The Kier molecular flexibility index (Phi) is 9.37. The number of rotatable bonds is 8. The fourth-order valence-corrected chi connectivity index (χ4v) is 7.61. The van der Waals surface area contributed by atoms with E-state index in [9.17, 15) is 21.6 Å². The molecule has 0 unspecified atom stereocenters. The van der Waals surface area contributed by atoms with Crippen molar-refractivity contribution in [3.8, 4) is 0 Å².